The van der Waals surface area contributed by atoms with Crippen molar-refractivity contribution in [2.75, 3.05) is 24.8 Å². The second kappa shape index (κ2) is 6.58. The standard InChI is InChI=1S/C19H19N3O2/c1-22(15-8-10-16(24-2)11-9-15)18(23)12-14-7-6-13-4-3-5-17(20)19(13)21-14/h3-11H,12,20H2,1-2H3. The number of likely N-dealkylation sites (N-methyl/N-ethyl adjacent to an activating group) is 1. The molecule has 0 spiro atoms. The summed E-state index contributed by atoms with van der Waals surface area (Å²) in [5, 5.41) is 0.967. The highest BCUT2D eigenvalue weighted by molar-refractivity contribution is 5.95. The Morgan fingerprint density at radius 2 is 1.88 bits per heavy atom. The van der Waals surface area contributed by atoms with Gasteiger partial charge in [0.15, 0.2) is 0 Å². The minimum atomic E-state index is -0.0403. The first kappa shape index (κ1) is 15.8. The molecule has 0 aliphatic carbocycles. The second-order valence-corrected chi connectivity index (χ2v) is 5.55. The van der Waals surface area contributed by atoms with E-state index < -0.39 is 0 Å². The zero-order valence-corrected chi connectivity index (χ0v) is 13.7. The fourth-order valence-corrected chi connectivity index (χ4v) is 2.53. The molecule has 2 N–H and O–H groups in total. The van der Waals surface area contributed by atoms with Crippen molar-refractivity contribution in [3.05, 3.63) is 60.3 Å². The number of benzene rings is 2. The number of ether oxygens (including phenoxy) is 1. The number of methoxy groups -OCH3 is 1. The maximum absolute atomic E-state index is 12.5. The Labute approximate surface area is 140 Å². The van der Waals surface area contributed by atoms with Gasteiger partial charge in [-0.15, -0.1) is 0 Å². The van der Waals surface area contributed by atoms with E-state index in [0.29, 0.717) is 11.4 Å². The van der Waals surface area contributed by atoms with Gasteiger partial charge in [0.2, 0.25) is 5.91 Å². The monoisotopic (exact) mass is 321 g/mol. The number of hydrogen-bond acceptors (Lipinski definition) is 4. The van der Waals surface area contributed by atoms with Gasteiger partial charge in [0.1, 0.15) is 5.75 Å². The van der Waals surface area contributed by atoms with Gasteiger partial charge in [-0.2, -0.15) is 0 Å². The van der Waals surface area contributed by atoms with Crippen LogP contribution in [0.1, 0.15) is 5.69 Å². The number of carbonyl (C=O) groups excluding carboxylic acids is 1. The first-order valence-electron chi connectivity index (χ1n) is 7.63. The van der Waals surface area contributed by atoms with Crippen molar-refractivity contribution in [3.63, 3.8) is 0 Å². The molecule has 1 heterocycles. The average Bonchev–Trinajstić information content (AvgIpc) is 2.62. The van der Waals surface area contributed by atoms with E-state index in [2.05, 4.69) is 4.98 Å². The SMILES string of the molecule is COc1ccc(N(C)C(=O)Cc2ccc3cccc(N)c3n2)cc1. The van der Waals surface area contributed by atoms with Crippen LogP contribution in [-0.2, 0) is 11.2 Å². The minimum absolute atomic E-state index is 0.0403. The summed E-state index contributed by atoms with van der Waals surface area (Å²) >= 11 is 0. The van der Waals surface area contributed by atoms with Gasteiger partial charge in [-0.25, -0.2) is 0 Å². The van der Waals surface area contributed by atoms with Crippen LogP contribution in [0, 0.1) is 0 Å². The lowest BCUT2D eigenvalue weighted by Gasteiger charge is -2.17. The Balaban J connectivity index is 1.79. The number of nitrogens with zero attached hydrogens (tertiary/aromatic N) is 2. The predicted octanol–water partition coefficient (Wildman–Crippen LogP) is 3.03. The largest absolute Gasteiger partial charge is 0.497 e. The summed E-state index contributed by atoms with van der Waals surface area (Å²) in [4.78, 5) is 18.6. The molecule has 5 heteroatoms. The van der Waals surface area contributed by atoms with Crippen molar-refractivity contribution < 1.29 is 9.53 Å². The molecular weight excluding hydrogens is 302 g/mol. The van der Waals surface area contributed by atoms with Gasteiger partial charge in [-0.1, -0.05) is 18.2 Å². The Morgan fingerprint density at radius 3 is 2.58 bits per heavy atom. The first-order valence-corrected chi connectivity index (χ1v) is 7.63. The molecule has 0 saturated heterocycles. The maximum Gasteiger partial charge on any atom is 0.232 e. The fourth-order valence-electron chi connectivity index (χ4n) is 2.53. The molecule has 0 aliphatic rings. The highest BCUT2D eigenvalue weighted by Gasteiger charge is 2.13. The number of para-hydroxylation sites is 1. The molecule has 0 unspecified atom stereocenters. The lowest BCUT2D eigenvalue weighted by atomic mass is 10.1. The van der Waals surface area contributed by atoms with Crippen molar-refractivity contribution in [1.82, 2.24) is 4.98 Å². The first-order chi connectivity index (χ1) is 11.6. The van der Waals surface area contributed by atoms with E-state index in [4.69, 9.17) is 10.5 Å². The molecule has 0 saturated carbocycles. The number of fused-ring (bicyclic) bond motifs is 1. The summed E-state index contributed by atoms with van der Waals surface area (Å²) in [6.45, 7) is 0. The van der Waals surface area contributed by atoms with Crippen molar-refractivity contribution >= 4 is 28.2 Å². The third kappa shape index (κ3) is 3.15. The van der Waals surface area contributed by atoms with Crippen LogP contribution in [0.25, 0.3) is 10.9 Å². The number of carbonyl (C=O) groups is 1. The quantitative estimate of drug-likeness (QED) is 0.750. The number of anilines is 2. The molecule has 0 radical (unpaired) electrons. The highest BCUT2D eigenvalue weighted by atomic mass is 16.5. The van der Waals surface area contributed by atoms with Crippen LogP contribution in [0.5, 0.6) is 5.75 Å². The van der Waals surface area contributed by atoms with Gasteiger partial charge in [-0.3, -0.25) is 9.78 Å². The van der Waals surface area contributed by atoms with E-state index in [1.54, 1.807) is 19.1 Å². The third-order valence-corrected chi connectivity index (χ3v) is 3.98. The minimum Gasteiger partial charge on any atom is -0.497 e. The molecule has 0 bridgehead atoms. The normalized spacial score (nSPS) is 10.6. The van der Waals surface area contributed by atoms with Crippen molar-refractivity contribution in [2.45, 2.75) is 6.42 Å². The number of hydrogen-bond donors (Lipinski definition) is 1. The van der Waals surface area contributed by atoms with Crippen LogP contribution >= 0.6 is 0 Å². The lowest BCUT2D eigenvalue weighted by molar-refractivity contribution is -0.117. The van der Waals surface area contributed by atoms with Crippen LogP contribution in [0.2, 0.25) is 0 Å². The van der Waals surface area contributed by atoms with Crippen molar-refractivity contribution in [2.24, 2.45) is 0 Å². The molecular formula is C19H19N3O2. The Hall–Kier alpha value is -3.08. The van der Waals surface area contributed by atoms with E-state index in [1.807, 2.05) is 54.6 Å². The van der Waals surface area contributed by atoms with E-state index in [9.17, 15) is 4.79 Å². The summed E-state index contributed by atoms with van der Waals surface area (Å²) in [5.74, 6) is 0.716. The van der Waals surface area contributed by atoms with Gasteiger partial charge >= 0.3 is 0 Å². The smallest absolute Gasteiger partial charge is 0.232 e. The molecule has 24 heavy (non-hydrogen) atoms. The highest BCUT2D eigenvalue weighted by Crippen LogP contribution is 2.21. The van der Waals surface area contributed by atoms with E-state index >= 15 is 0 Å². The number of nitrogen functional groups attached to an aromatic ring is 1. The number of amides is 1. The molecule has 1 aromatic heterocycles. The Morgan fingerprint density at radius 1 is 1.12 bits per heavy atom. The lowest BCUT2D eigenvalue weighted by Crippen LogP contribution is -2.28. The Bertz CT molecular complexity index is 875. The van der Waals surface area contributed by atoms with Crippen LogP contribution in [0.4, 0.5) is 11.4 Å². The summed E-state index contributed by atoms with van der Waals surface area (Å²) < 4.78 is 5.13. The van der Waals surface area contributed by atoms with Crippen LogP contribution in [-0.4, -0.2) is 25.0 Å². The average molecular weight is 321 g/mol. The van der Waals surface area contributed by atoms with E-state index in [1.165, 1.54) is 0 Å². The number of pyridine rings is 1. The maximum atomic E-state index is 12.5. The molecule has 0 aliphatic heterocycles. The molecule has 3 rings (SSSR count). The molecule has 122 valence electrons. The molecule has 0 atom stereocenters. The van der Waals surface area contributed by atoms with Crippen LogP contribution in [0.3, 0.4) is 0 Å². The predicted molar refractivity (Wildman–Crippen MR) is 96.3 cm³/mol. The topological polar surface area (TPSA) is 68.5 Å². The summed E-state index contributed by atoms with van der Waals surface area (Å²) in [6.07, 6.45) is 0.215. The molecule has 5 nitrogen and oxygen atoms in total. The number of nitrogens with two attached hydrogens (primary N) is 1. The molecule has 3 aromatic rings. The van der Waals surface area contributed by atoms with Gasteiger partial charge in [-0.05, 0) is 36.4 Å². The molecule has 2 aromatic carbocycles. The summed E-state index contributed by atoms with van der Waals surface area (Å²) in [6, 6.07) is 16.8. The summed E-state index contributed by atoms with van der Waals surface area (Å²) in [5.41, 5.74) is 8.82. The Kier molecular flexibility index (Phi) is 4.33. The van der Waals surface area contributed by atoms with Gasteiger partial charge < -0.3 is 15.4 Å². The molecule has 1 amide bonds. The fraction of sp³-hybridized carbons (Fsp3) is 0.158. The van der Waals surface area contributed by atoms with Gasteiger partial charge in [0.25, 0.3) is 0 Å². The van der Waals surface area contributed by atoms with Crippen LogP contribution < -0.4 is 15.4 Å². The van der Waals surface area contributed by atoms with Crippen molar-refractivity contribution in [3.8, 4) is 5.75 Å². The van der Waals surface area contributed by atoms with Gasteiger partial charge in [0.05, 0.1) is 30.4 Å². The number of aromatic nitrogens is 1. The van der Waals surface area contributed by atoms with Crippen LogP contribution in [0.15, 0.2) is 54.6 Å². The second-order valence-electron chi connectivity index (χ2n) is 5.55. The third-order valence-electron chi connectivity index (χ3n) is 3.98. The van der Waals surface area contributed by atoms with Gasteiger partial charge in [0, 0.05) is 18.1 Å². The van der Waals surface area contributed by atoms with E-state index in [-0.39, 0.29) is 12.3 Å². The zero-order chi connectivity index (χ0) is 17.1. The number of rotatable bonds is 4. The van der Waals surface area contributed by atoms with Crippen molar-refractivity contribution in [1.29, 1.82) is 0 Å². The molecule has 0 fully saturated rings. The zero-order valence-electron chi connectivity index (χ0n) is 13.7. The van der Waals surface area contributed by atoms with E-state index in [0.717, 1.165) is 22.3 Å². The summed E-state index contributed by atoms with van der Waals surface area (Å²) in [7, 11) is 3.36.